The van der Waals surface area contributed by atoms with Crippen LogP contribution in [0.3, 0.4) is 0 Å². The number of hydrogen-bond acceptors (Lipinski definition) is 2. The predicted molar refractivity (Wildman–Crippen MR) is 77.8 cm³/mol. The molecule has 0 N–H and O–H groups in total. The molecule has 2 nitrogen and oxygen atoms in total. The maximum absolute atomic E-state index is 12.0. The number of rotatable bonds is 3. The molecule has 0 aliphatic heterocycles. The Balaban J connectivity index is 2.18. The molecule has 2 aliphatic carbocycles. The van der Waals surface area contributed by atoms with Crippen LogP contribution in [0.1, 0.15) is 73.1 Å². The first-order chi connectivity index (χ1) is 8.76. The molecule has 19 heavy (non-hydrogen) atoms. The van der Waals surface area contributed by atoms with Gasteiger partial charge in [0.2, 0.25) is 0 Å². The Hall–Kier alpha value is -0.530. The van der Waals surface area contributed by atoms with E-state index in [1.807, 2.05) is 13.8 Å². The van der Waals surface area contributed by atoms with Gasteiger partial charge in [-0.05, 0) is 51.4 Å². The van der Waals surface area contributed by atoms with E-state index in [4.69, 9.17) is 4.74 Å². The second-order valence-electron chi connectivity index (χ2n) is 7.87. The van der Waals surface area contributed by atoms with E-state index in [1.54, 1.807) is 0 Å². The molecular weight excluding hydrogens is 236 g/mol. The van der Waals surface area contributed by atoms with Crippen LogP contribution in [0.25, 0.3) is 0 Å². The smallest absolute Gasteiger partial charge is 0.308 e. The lowest BCUT2D eigenvalue weighted by molar-refractivity contribution is -0.187. The molecule has 0 aromatic carbocycles. The Morgan fingerprint density at radius 1 is 1.32 bits per heavy atom. The molecule has 2 aliphatic rings. The highest BCUT2D eigenvalue weighted by molar-refractivity contribution is 5.72. The van der Waals surface area contributed by atoms with Gasteiger partial charge in [0.25, 0.3) is 0 Å². The lowest BCUT2D eigenvalue weighted by Crippen LogP contribution is -2.53. The van der Waals surface area contributed by atoms with Crippen molar-refractivity contribution in [3.8, 4) is 0 Å². The molecular formula is C17H30O2. The summed E-state index contributed by atoms with van der Waals surface area (Å²) in [4.78, 5) is 12.0. The van der Waals surface area contributed by atoms with Crippen molar-refractivity contribution in [3.05, 3.63) is 0 Å². The molecule has 110 valence electrons. The maximum atomic E-state index is 12.0. The minimum Gasteiger partial charge on any atom is -0.459 e. The van der Waals surface area contributed by atoms with Crippen LogP contribution >= 0.6 is 0 Å². The third-order valence-electron chi connectivity index (χ3n) is 5.53. The minimum absolute atomic E-state index is 0.0314. The van der Waals surface area contributed by atoms with Crippen molar-refractivity contribution in [2.24, 2.45) is 23.2 Å². The Labute approximate surface area is 118 Å². The minimum atomic E-state index is -0.318. The zero-order chi connectivity index (χ0) is 14.3. The van der Waals surface area contributed by atoms with Crippen LogP contribution in [0.5, 0.6) is 0 Å². The average molecular weight is 266 g/mol. The topological polar surface area (TPSA) is 26.3 Å². The van der Waals surface area contributed by atoms with Gasteiger partial charge in [-0.3, -0.25) is 4.79 Å². The lowest BCUT2D eigenvalue weighted by Gasteiger charge is -2.55. The predicted octanol–water partition coefficient (Wildman–Crippen LogP) is 4.57. The van der Waals surface area contributed by atoms with Crippen LogP contribution in [0.2, 0.25) is 0 Å². The van der Waals surface area contributed by atoms with Crippen LogP contribution in [0.4, 0.5) is 0 Å². The van der Waals surface area contributed by atoms with Gasteiger partial charge in [0.05, 0.1) is 5.92 Å². The van der Waals surface area contributed by atoms with Gasteiger partial charge >= 0.3 is 5.97 Å². The van der Waals surface area contributed by atoms with Crippen LogP contribution in [0.15, 0.2) is 0 Å². The van der Waals surface area contributed by atoms with Crippen molar-refractivity contribution in [1.82, 2.24) is 0 Å². The van der Waals surface area contributed by atoms with Crippen molar-refractivity contribution < 1.29 is 9.53 Å². The van der Waals surface area contributed by atoms with E-state index in [2.05, 4.69) is 20.8 Å². The fourth-order valence-electron chi connectivity index (χ4n) is 4.46. The first-order valence-electron chi connectivity index (χ1n) is 7.99. The highest BCUT2D eigenvalue weighted by atomic mass is 16.6. The molecule has 0 aromatic heterocycles. The van der Waals surface area contributed by atoms with Crippen LogP contribution < -0.4 is 0 Å². The standard InChI is InChI=1S/C17H30O2/c1-12(2)15(18)19-16(4,5)17-8-6-7-14(11-17)9-13(3)10-17/h12-14H,6-11H2,1-5H3. The second kappa shape index (κ2) is 5.10. The van der Waals surface area contributed by atoms with Crippen LogP contribution in [-0.2, 0) is 9.53 Å². The van der Waals surface area contributed by atoms with E-state index in [9.17, 15) is 4.79 Å². The van der Waals surface area contributed by atoms with Crippen molar-refractivity contribution in [2.75, 3.05) is 0 Å². The largest absolute Gasteiger partial charge is 0.459 e. The Bertz CT molecular complexity index is 341. The summed E-state index contributed by atoms with van der Waals surface area (Å²) in [5.41, 5.74) is -0.0974. The first-order valence-corrected chi connectivity index (χ1v) is 7.99. The van der Waals surface area contributed by atoms with Gasteiger partial charge < -0.3 is 4.74 Å². The quantitative estimate of drug-likeness (QED) is 0.699. The van der Waals surface area contributed by atoms with E-state index in [0.717, 1.165) is 11.8 Å². The fourth-order valence-corrected chi connectivity index (χ4v) is 4.46. The number of carbonyl (C=O) groups excluding carboxylic acids is 1. The summed E-state index contributed by atoms with van der Waals surface area (Å²) in [7, 11) is 0. The van der Waals surface area contributed by atoms with Crippen molar-refractivity contribution in [2.45, 2.75) is 78.7 Å². The molecule has 2 saturated carbocycles. The maximum Gasteiger partial charge on any atom is 0.308 e. The Kier molecular flexibility index (Phi) is 3.99. The molecule has 0 spiro atoms. The summed E-state index contributed by atoms with van der Waals surface area (Å²) >= 11 is 0. The van der Waals surface area contributed by atoms with Crippen LogP contribution in [-0.4, -0.2) is 11.6 Å². The number of carbonyl (C=O) groups is 1. The summed E-state index contributed by atoms with van der Waals surface area (Å²) in [6.07, 6.45) is 7.76. The molecule has 2 fully saturated rings. The monoisotopic (exact) mass is 266 g/mol. The van der Waals surface area contributed by atoms with Gasteiger partial charge in [-0.15, -0.1) is 0 Å². The van der Waals surface area contributed by atoms with E-state index in [-0.39, 0.29) is 22.9 Å². The SMILES string of the molecule is CC1CC2CCCC(C(C)(C)OC(=O)C(C)C)(C1)C2. The third kappa shape index (κ3) is 2.83. The highest BCUT2D eigenvalue weighted by Gasteiger charge is 2.53. The molecule has 2 heteroatoms. The molecule has 0 aromatic rings. The number of fused-ring (bicyclic) bond motifs is 2. The van der Waals surface area contributed by atoms with Gasteiger partial charge in [0, 0.05) is 5.41 Å². The number of hydrogen-bond donors (Lipinski definition) is 0. The molecule has 0 saturated heterocycles. The molecule has 3 atom stereocenters. The van der Waals surface area contributed by atoms with Gasteiger partial charge in [0.15, 0.2) is 0 Å². The molecule has 3 unspecified atom stereocenters. The third-order valence-corrected chi connectivity index (χ3v) is 5.53. The van der Waals surface area contributed by atoms with Gasteiger partial charge in [-0.2, -0.15) is 0 Å². The fraction of sp³-hybridized carbons (Fsp3) is 0.941. The molecule has 0 amide bonds. The van der Waals surface area contributed by atoms with E-state index < -0.39 is 0 Å². The van der Waals surface area contributed by atoms with Gasteiger partial charge in [-0.1, -0.05) is 33.6 Å². The van der Waals surface area contributed by atoms with Crippen molar-refractivity contribution in [1.29, 1.82) is 0 Å². The molecule has 0 heterocycles. The molecule has 2 bridgehead atoms. The van der Waals surface area contributed by atoms with Gasteiger partial charge in [0.1, 0.15) is 5.60 Å². The summed E-state index contributed by atoms with van der Waals surface area (Å²) in [6.45, 7) is 10.5. The Morgan fingerprint density at radius 2 is 2.00 bits per heavy atom. The number of esters is 1. The van der Waals surface area contributed by atoms with E-state index in [0.29, 0.717) is 0 Å². The number of ether oxygens (including phenoxy) is 1. The summed E-state index contributed by atoms with van der Waals surface area (Å²) in [6, 6.07) is 0. The van der Waals surface area contributed by atoms with Crippen LogP contribution in [0, 0.1) is 23.2 Å². The van der Waals surface area contributed by atoms with Crippen molar-refractivity contribution >= 4 is 5.97 Å². The normalized spacial score (nSPS) is 35.3. The highest BCUT2D eigenvalue weighted by Crippen LogP contribution is 2.57. The molecule has 0 radical (unpaired) electrons. The lowest BCUT2D eigenvalue weighted by atomic mass is 9.53. The van der Waals surface area contributed by atoms with Crippen molar-refractivity contribution in [3.63, 3.8) is 0 Å². The summed E-state index contributed by atoms with van der Waals surface area (Å²) in [5, 5.41) is 0. The van der Waals surface area contributed by atoms with E-state index >= 15 is 0 Å². The summed E-state index contributed by atoms with van der Waals surface area (Å²) in [5.74, 6) is 1.56. The Morgan fingerprint density at radius 3 is 2.63 bits per heavy atom. The van der Waals surface area contributed by atoms with E-state index in [1.165, 1.54) is 38.5 Å². The molecule has 2 rings (SSSR count). The first kappa shape index (κ1) is 14.9. The summed E-state index contributed by atoms with van der Waals surface area (Å²) < 4.78 is 5.92. The zero-order valence-electron chi connectivity index (χ0n) is 13.3. The zero-order valence-corrected chi connectivity index (χ0v) is 13.3. The average Bonchev–Trinajstić information content (AvgIpc) is 2.27. The van der Waals surface area contributed by atoms with Gasteiger partial charge in [-0.25, -0.2) is 0 Å². The second-order valence-corrected chi connectivity index (χ2v) is 7.87.